The number of piperidine rings is 1. The molecule has 12 nitrogen and oxygen atoms in total. The summed E-state index contributed by atoms with van der Waals surface area (Å²) in [6.07, 6.45) is 6.79. The lowest BCUT2D eigenvalue weighted by Gasteiger charge is -2.67. The summed E-state index contributed by atoms with van der Waals surface area (Å²) in [5.74, 6) is -0.550. The first-order valence-electron chi connectivity index (χ1n) is 20.9. The summed E-state index contributed by atoms with van der Waals surface area (Å²) in [6.45, 7) is 7.64. The summed E-state index contributed by atoms with van der Waals surface area (Å²) < 4.78 is 12.2. The molecule has 2 aromatic carbocycles. The van der Waals surface area contributed by atoms with Gasteiger partial charge in [-0.25, -0.2) is 0 Å². The van der Waals surface area contributed by atoms with Crippen LogP contribution in [0, 0.1) is 16.7 Å². The normalized spacial score (nSPS) is 38.2. The molecule has 306 valence electrons. The number of amides is 1. The molecule has 5 N–H and O–H groups in total. The van der Waals surface area contributed by atoms with Gasteiger partial charge in [0.05, 0.1) is 25.9 Å². The number of esters is 1. The number of fused-ring (bicyclic) bond motifs is 6. The number of aliphatic hydroxyl groups excluding tert-OH is 1. The third kappa shape index (κ3) is 5.03. The molecule has 10 atom stereocenters. The molecule has 2 saturated heterocycles. The monoisotopic (exact) mass is 781 g/mol. The second-order valence-electron chi connectivity index (χ2n) is 18.2. The minimum Gasteiger partial charge on any atom is -0.496 e. The van der Waals surface area contributed by atoms with Gasteiger partial charge in [0.2, 0.25) is 0 Å². The van der Waals surface area contributed by atoms with Crippen LogP contribution in [0.5, 0.6) is 5.75 Å². The van der Waals surface area contributed by atoms with E-state index >= 15 is 4.79 Å². The predicted octanol–water partition coefficient (Wildman–Crippen LogP) is 3.28. The smallest absolute Gasteiger partial charge is 0.322 e. The molecule has 1 aromatic heterocycles. The van der Waals surface area contributed by atoms with E-state index in [0.717, 1.165) is 59.6 Å². The number of nitrogens with one attached hydrogen (secondary N) is 2. The minimum atomic E-state index is -2.13. The van der Waals surface area contributed by atoms with Crippen molar-refractivity contribution in [3.63, 3.8) is 0 Å². The zero-order valence-corrected chi connectivity index (χ0v) is 34.2. The van der Waals surface area contributed by atoms with Gasteiger partial charge in [-0.3, -0.25) is 19.4 Å². The van der Waals surface area contributed by atoms with Crippen LogP contribution in [0.25, 0.3) is 10.9 Å². The number of nitrogens with zero attached hydrogens (tertiary/aromatic N) is 3. The van der Waals surface area contributed by atoms with Crippen LogP contribution in [0.1, 0.15) is 68.3 Å². The standard InChI is InChI=1S/C45H59N5O7/c1-7-41(54)22-27-23-44(40(53)57-6,35-30(14-18-49(25-27)26-41)29-12-9-10-13-32(29)47-35)31-20-28-24-43-16-19-50-17-11-15-42(8-2,36(43)50)38(51)45(55,39(52)46-3)37(43)48(4)33(28)21-34(31)56-5/h9-13,15,20-21,27,36-38,47,51,54-55H,7-8,14,16-19,22-26H2,1-6H3,(H,46,52)/t27?,36?,37?,38-,41?,42-,43?,44?,45+/m1/s1. The molecule has 0 radical (unpaired) electrons. The highest BCUT2D eigenvalue weighted by Crippen LogP contribution is 2.65. The lowest BCUT2D eigenvalue weighted by molar-refractivity contribution is -0.218. The molecule has 1 amide bonds. The Balaban J connectivity index is 1.31. The van der Waals surface area contributed by atoms with Gasteiger partial charge in [0.15, 0.2) is 5.60 Å². The van der Waals surface area contributed by atoms with E-state index in [-0.39, 0.29) is 12.0 Å². The van der Waals surface area contributed by atoms with Crippen molar-refractivity contribution in [2.75, 3.05) is 65.9 Å². The number of benzene rings is 2. The Bertz CT molecular complexity index is 2150. The molecule has 6 heterocycles. The second kappa shape index (κ2) is 13.3. The molecular formula is C45H59N5O7. The number of carbonyl (C=O) groups excluding carboxylic acids is 2. The number of ether oxygens (including phenoxy) is 2. The van der Waals surface area contributed by atoms with E-state index in [0.29, 0.717) is 62.8 Å². The van der Waals surface area contributed by atoms with Gasteiger partial charge in [0, 0.05) is 91.1 Å². The van der Waals surface area contributed by atoms with E-state index in [4.69, 9.17) is 9.47 Å². The van der Waals surface area contributed by atoms with Crippen molar-refractivity contribution < 1.29 is 34.4 Å². The number of para-hydroxylation sites is 1. The van der Waals surface area contributed by atoms with E-state index in [1.165, 1.54) is 14.2 Å². The highest BCUT2D eigenvalue weighted by molar-refractivity contribution is 5.94. The zero-order valence-electron chi connectivity index (χ0n) is 34.2. The minimum absolute atomic E-state index is 0.0449. The van der Waals surface area contributed by atoms with E-state index in [9.17, 15) is 20.1 Å². The SMILES string of the molecule is CCC1(O)CC2CN(CCc3c([nH]c4ccccc34)C(C(=O)OC)(c3cc4c(cc3OC)N(C)C3C5(CCN6CC=C[C@](CC)(C65)[C@@H](O)[C@]3(O)C(=O)NC)C4)C2)C1. The fourth-order valence-corrected chi connectivity index (χ4v) is 13.5. The molecule has 1 spiro atoms. The molecular weight excluding hydrogens is 723 g/mol. The Morgan fingerprint density at radius 2 is 1.84 bits per heavy atom. The van der Waals surface area contributed by atoms with Gasteiger partial charge in [-0.15, -0.1) is 0 Å². The highest BCUT2D eigenvalue weighted by Gasteiger charge is 2.76. The topological polar surface area (TPSA) is 151 Å². The summed E-state index contributed by atoms with van der Waals surface area (Å²) >= 11 is 0. The first kappa shape index (κ1) is 38.6. The van der Waals surface area contributed by atoms with Crippen LogP contribution in [-0.2, 0) is 32.6 Å². The van der Waals surface area contributed by atoms with Crippen molar-refractivity contribution in [2.45, 2.75) is 93.6 Å². The van der Waals surface area contributed by atoms with Gasteiger partial charge in [-0.2, -0.15) is 0 Å². The Morgan fingerprint density at radius 3 is 2.56 bits per heavy atom. The summed E-state index contributed by atoms with van der Waals surface area (Å²) in [5.41, 5.74) is -0.602. The number of aliphatic hydroxyl groups is 3. The number of rotatable bonds is 6. The number of aromatic amines is 1. The van der Waals surface area contributed by atoms with Crippen LogP contribution < -0.4 is 15.0 Å². The number of hydrogen-bond donors (Lipinski definition) is 5. The largest absolute Gasteiger partial charge is 0.496 e. The van der Waals surface area contributed by atoms with Gasteiger partial charge in [-0.05, 0) is 80.7 Å². The quantitative estimate of drug-likeness (QED) is 0.186. The van der Waals surface area contributed by atoms with Crippen LogP contribution >= 0.6 is 0 Å². The summed E-state index contributed by atoms with van der Waals surface area (Å²) in [7, 11) is 6.50. The van der Waals surface area contributed by atoms with Gasteiger partial charge in [0.1, 0.15) is 17.3 Å². The summed E-state index contributed by atoms with van der Waals surface area (Å²) in [4.78, 5) is 39.8. The first-order chi connectivity index (χ1) is 27.3. The molecule has 12 heteroatoms. The molecule has 5 aliphatic heterocycles. The van der Waals surface area contributed by atoms with Crippen LogP contribution in [-0.4, -0.2) is 132 Å². The second-order valence-corrected chi connectivity index (χ2v) is 18.2. The predicted molar refractivity (Wildman–Crippen MR) is 217 cm³/mol. The molecule has 3 fully saturated rings. The third-order valence-corrected chi connectivity index (χ3v) is 15.7. The molecule has 57 heavy (non-hydrogen) atoms. The van der Waals surface area contributed by atoms with Crippen LogP contribution in [0.3, 0.4) is 0 Å². The average molecular weight is 782 g/mol. The van der Waals surface area contributed by atoms with Gasteiger partial charge in [0.25, 0.3) is 5.91 Å². The summed E-state index contributed by atoms with van der Waals surface area (Å²) in [5, 5.41) is 41.0. The molecule has 6 aliphatic rings. The maximum absolute atomic E-state index is 15.1. The van der Waals surface area contributed by atoms with E-state index in [2.05, 4.69) is 50.5 Å². The van der Waals surface area contributed by atoms with Crippen LogP contribution in [0.4, 0.5) is 5.69 Å². The number of H-pyrrole nitrogens is 1. The molecule has 1 saturated carbocycles. The summed E-state index contributed by atoms with van der Waals surface area (Å²) in [6, 6.07) is 11.4. The maximum atomic E-state index is 15.1. The number of carbonyl (C=O) groups is 2. The average Bonchev–Trinajstić information content (AvgIpc) is 3.79. The maximum Gasteiger partial charge on any atom is 0.322 e. The number of hydrogen-bond acceptors (Lipinski definition) is 10. The van der Waals surface area contributed by atoms with Crippen molar-refractivity contribution in [3.8, 4) is 5.75 Å². The number of methoxy groups -OCH3 is 2. The van der Waals surface area contributed by atoms with Crippen molar-refractivity contribution >= 4 is 28.5 Å². The molecule has 1 aliphatic carbocycles. The molecule has 7 unspecified atom stereocenters. The highest BCUT2D eigenvalue weighted by atomic mass is 16.5. The van der Waals surface area contributed by atoms with Crippen molar-refractivity contribution in [3.05, 3.63) is 70.9 Å². The van der Waals surface area contributed by atoms with E-state index in [1.54, 1.807) is 7.11 Å². The zero-order chi connectivity index (χ0) is 40.3. The Kier molecular flexibility index (Phi) is 8.99. The Hall–Kier alpha value is -3.94. The van der Waals surface area contributed by atoms with Crippen molar-refractivity contribution in [1.82, 2.24) is 20.1 Å². The lowest BCUT2D eigenvalue weighted by Crippen LogP contribution is -2.83. The lowest BCUT2D eigenvalue weighted by atomic mass is 9.46. The molecule has 3 aromatic rings. The molecule has 9 rings (SSSR count). The van der Waals surface area contributed by atoms with Gasteiger partial charge in [-0.1, -0.05) is 44.2 Å². The van der Waals surface area contributed by atoms with Gasteiger partial charge < -0.3 is 40.0 Å². The third-order valence-electron chi connectivity index (χ3n) is 15.7. The van der Waals surface area contributed by atoms with Crippen LogP contribution in [0.2, 0.25) is 0 Å². The first-order valence-corrected chi connectivity index (χ1v) is 20.9. The fourth-order valence-electron chi connectivity index (χ4n) is 13.5. The fraction of sp³-hybridized carbons (Fsp3) is 0.600. The Labute approximate surface area is 335 Å². The number of likely N-dealkylation sites (N-methyl/N-ethyl adjacent to an activating group) is 2. The van der Waals surface area contributed by atoms with Crippen molar-refractivity contribution in [2.24, 2.45) is 16.7 Å². The number of aromatic nitrogens is 1. The Morgan fingerprint density at radius 1 is 1.05 bits per heavy atom. The van der Waals surface area contributed by atoms with E-state index < -0.39 is 51.5 Å². The molecule has 2 bridgehead atoms. The van der Waals surface area contributed by atoms with Crippen molar-refractivity contribution in [1.29, 1.82) is 0 Å². The number of anilines is 1. The van der Waals surface area contributed by atoms with Gasteiger partial charge >= 0.3 is 5.97 Å². The van der Waals surface area contributed by atoms with Crippen LogP contribution in [0.15, 0.2) is 48.6 Å². The van der Waals surface area contributed by atoms with E-state index in [1.807, 2.05) is 44.0 Å².